The summed E-state index contributed by atoms with van der Waals surface area (Å²) in [7, 11) is 0. The van der Waals surface area contributed by atoms with Crippen molar-refractivity contribution in [2.75, 3.05) is 0 Å². The number of fused-ring (bicyclic) bond motifs is 9. The Labute approximate surface area is 248 Å². The molecule has 0 saturated carbocycles. The van der Waals surface area contributed by atoms with Crippen LogP contribution in [-0.4, -0.2) is 4.57 Å². The van der Waals surface area contributed by atoms with E-state index in [4.69, 9.17) is 0 Å². The lowest BCUT2D eigenvalue weighted by Crippen LogP contribution is -1.96. The average molecular weight is 544 g/mol. The molecule has 8 aromatic carbocycles. The summed E-state index contributed by atoms with van der Waals surface area (Å²) in [6.45, 7) is 0. The summed E-state index contributed by atoms with van der Waals surface area (Å²) in [5.41, 5.74) is 11.6. The number of para-hydroxylation sites is 1. The van der Waals surface area contributed by atoms with Gasteiger partial charge in [-0.1, -0.05) is 133 Å². The maximum absolute atomic E-state index is 2.47. The van der Waals surface area contributed by atoms with Crippen LogP contribution in [0.15, 0.2) is 152 Å². The van der Waals surface area contributed by atoms with Crippen LogP contribution in [0.5, 0.6) is 0 Å². The topological polar surface area (TPSA) is 4.93 Å². The van der Waals surface area contributed by atoms with Gasteiger partial charge in [0.05, 0.1) is 16.7 Å². The first kappa shape index (κ1) is 23.0. The van der Waals surface area contributed by atoms with Crippen LogP contribution < -0.4 is 0 Å². The van der Waals surface area contributed by atoms with Gasteiger partial charge in [0, 0.05) is 16.2 Å². The number of benzene rings is 8. The van der Waals surface area contributed by atoms with Crippen molar-refractivity contribution in [2.24, 2.45) is 0 Å². The van der Waals surface area contributed by atoms with Gasteiger partial charge in [0.2, 0.25) is 0 Å². The van der Waals surface area contributed by atoms with Crippen LogP contribution in [0.1, 0.15) is 0 Å². The van der Waals surface area contributed by atoms with Crippen LogP contribution in [-0.2, 0) is 0 Å². The molecule has 1 aromatic heterocycles. The van der Waals surface area contributed by atoms with Crippen LogP contribution in [0.2, 0.25) is 0 Å². The highest BCUT2D eigenvalue weighted by molar-refractivity contribution is 6.23. The molecule has 1 aliphatic rings. The summed E-state index contributed by atoms with van der Waals surface area (Å²) in [4.78, 5) is 0. The van der Waals surface area contributed by atoms with E-state index in [9.17, 15) is 0 Å². The zero-order chi connectivity index (χ0) is 28.1. The summed E-state index contributed by atoms with van der Waals surface area (Å²) in [6, 6.07) is 55.9. The third kappa shape index (κ3) is 3.01. The SMILES string of the molecule is c1ccc2c(c1)-c1cccc3c(-c4ccc(-n5c6ccccc6c6c7ccccc7ccc65)c5ccccc45)ccc-2c13. The Morgan fingerprint density at radius 2 is 0.860 bits per heavy atom. The fourth-order valence-corrected chi connectivity index (χ4v) is 7.76. The van der Waals surface area contributed by atoms with Gasteiger partial charge in [-0.15, -0.1) is 0 Å². The molecule has 0 bridgehead atoms. The third-order valence-electron chi connectivity index (χ3n) is 9.54. The Hall–Kier alpha value is -5.66. The summed E-state index contributed by atoms with van der Waals surface area (Å²) in [5, 5.41) is 10.4. The molecule has 0 aliphatic heterocycles. The summed E-state index contributed by atoms with van der Waals surface area (Å²) < 4.78 is 2.47. The van der Waals surface area contributed by atoms with Gasteiger partial charge in [-0.25, -0.2) is 0 Å². The Balaban J connectivity index is 1.28. The lowest BCUT2D eigenvalue weighted by molar-refractivity contribution is 1.20. The van der Waals surface area contributed by atoms with Gasteiger partial charge in [-0.2, -0.15) is 0 Å². The Morgan fingerprint density at radius 3 is 1.72 bits per heavy atom. The first-order valence-electron chi connectivity index (χ1n) is 15.0. The van der Waals surface area contributed by atoms with Gasteiger partial charge in [0.25, 0.3) is 0 Å². The first-order chi connectivity index (χ1) is 21.4. The molecule has 198 valence electrons. The van der Waals surface area contributed by atoms with Crippen molar-refractivity contribution in [2.45, 2.75) is 0 Å². The molecule has 0 saturated heterocycles. The summed E-state index contributed by atoms with van der Waals surface area (Å²) in [6.07, 6.45) is 0. The van der Waals surface area contributed by atoms with E-state index in [1.54, 1.807) is 0 Å². The van der Waals surface area contributed by atoms with Crippen molar-refractivity contribution in [1.29, 1.82) is 0 Å². The van der Waals surface area contributed by atoms with E-state index in [0.29, 0.717) is 0 Å². The fourth-order valence-electron chi connectivity index (χ4n) is 7.76. The number of nitrogens with zero attached hydrogens (tertiary/aromatic N) is 1. The largest absolute Gasteiger partial charge is 0.309 e. The Kier molecular flexibility index (Phi) is 4.51. The Bertz CT molecular complexity index is 2590. The minimum Gasteiger partial charge on any atom is -0.309 e. The molecular weight excluding hydrogens is 518 g/mol. The highest BCUT2D eigenvalue weighted by atomic mass is 15.0. The summed E-state index contributed by atoms with van der Waals surface area (Å²) in [5.74, 6) is 0. The van der Waals surface area contributed by atoms with Crippen molar-refractivity contribution in [3.63, 3.8) is 0 Å². The number of hydrogen-bond acceptors (Lipinski definition) is 0. The fraction of sp³-hybridized carbons (Fsp3) is 0. The second-order valence-electron chi connectivity index (χ2n) is 11.6. The molecular formula is C42H25N. The van der Waals surface area contributed by atoms with E-state index in [0.717, 1.165) is 0 Å². The van der Waals surface area contributed by atoms with Crippen molar-refractivity contribution in [3.8, 4) is 39.1 Å². The van der Waals surface area contributed by atoms with E-state index >= 15 is 0 Å². The monoisotopic (exact) mass is 543 g/mol. The van der Waals surface area contributed by atoms with Gasteiger partial charge >= 0.3 is 0 Å². The molecule has 1 heterocycles. The quantitative estimate of drug-likeness (QED) is 0.204. The molecule has 0 spiro atoms. The highest BCUT2D eigenvalue weighted by Gasteiger charge is 2.23. The van der Waals surface area contributed by atoms with Gasteiger partial charge < -0.3 is 4.57 Å². The minimum atomic E-state index is 1.21. The molecule has 10 rings (SSSR count). The molecule has 0 atom stereocenters. The highest BCUT2D eigenvalue weighted by Crippen LogP contribution is 2.50. The molecule has 1 nitrogen and oxygen atoms in total. The predicted molar refractivity (Wildman–Crippen MR) is 183 cm³/mol. The van der Waals surface area contributed by atoms with Crippen molar-refractivity contribution in [1.82, 2.24) is 4.57 Å². The van der Waals surface area contributed by atoms with Gasteiger partial charge in [-0.3, -0.25) is 0 Å². The molecule has 1 aliphatic carbocycles. The zero-order valence-electron chi connectivity index (χ0n) is 23.4. The van der Waals surface area contributed by atoms with E-state index in [2.05, 4.69) is 156 Å². The van der Waals surface area contributed by atoms with Crippen LogP contribution in [0.25, 0.3) is 93.2 Å². The van der Waals surface area contributed by atoms with Crippen molar-refractivity contribution >= 4 is 54.1 Å². The molecule has 0 fully saturated rings. The molecule has 0 radical (unpaired) electrons. The second kappa shape index (κ2) is 8.44. The lowest BCUT2D eigenvalue weighted by atomic mass is 9.91. The summed E-state index contributed by atoms with van der Waals surface area (Å²) >= 11 is 0. The zero-order valence-corrected chi connectivity index (χ0v) is 23.4. The van der Waals surface area contributed by atoms with E-state index in [1.807, 2.05) is 0 Å². The third-order valence-corrected chi connectivity index (χ3v) is 9.54. The van der Waals surface area contributed by atoms with Crippen LogP contribution in [0, 0.1) is 0 Å². The van der Waals surface area contributed by atoms with Crippen molar-refractivity contribution < 1.29 is 0 Å². The number of rotatable bonds is 2. The maximum Gasteiger partial charge on any atom is 0.0547 e. The van der Waals surface area contributed by atoms with Crippen LogP contribution in [0.4, 0.5) is 0 Å². The lowest BCUT2D eigenvalue weighted by Gasteiger charge is -2.16. The van der Waals surface area contributed by atoms with Crippen molar-refractivity contribution in [3.05, 3.63) is 152 Å². The van der Waals surface area contributed by atoms with E-state index in [1.165, 1.54) is 93.2 Å². The molecule has 0 unspecified atom stereocenters. The Morgan fingerprint density at radius 1 is 0.279 bits per heavy atom. The molecule has 1 heteroatoms. The van der Waals surface area contributed by atoms with Gasteiger partial charge in [0.15, 0.2) is 0 Å². The molecule has 9 aromatic rings. The standard InChI is InChI=1S/C42H25N/c1-2-11-27-26(10-1)20-24-40-42(27)37-16-7-8-19-38(37)43(40)39-25-23-31(28-12-5-6-15-33(28)39)32-21-22-36-30-14-4-3-13-29(30)34-17-9-18-35(32)41(34)36/h1-25H. The number of aromatic nitrogens is 1. The molecule has 43 heavy (non-hydrogen) atoms. The second-order valence-corrected chi connectivity index (χ2v) is 11.6. The van der Waals surface area contributed by atoms with Gasteiger partial charge in [-0.05, 0) is 78.5 Å². The van der Waals surface area contributed by atoms with Crippen LogP contribution >= 0.6 is 0 Å². The minimum absolute atomic E-state index is 1.21. The number of hydrogen-bond donors (Lipinski definition) is 0. The maximum atomic E-state index is 2.47. The average Bonchev–Trinajstić information content (AvgIpc) is 3.59. The predicted octanol–water partition coefficient (Wildman–Crippen LogP) is 11.6. The molecule has 0 N–H and O–H groups in total. The normalized spacial score (nSPS) is 12.2. The first-order valence-corrected chi connectivity index (χ1v) is 15.0. The molecule has 0 amide bonds. The smallest absolute Gasteiger partial charge is 0.0547 e. The van der Waals surface area contributed by atoms with E-state index in [-0.39, 0.29) is 0 Å². The van der Waals surface area contributed by atoms with Gasteiger partial charge in [0.1, 0.15) is 0 Å². The van der Waals surface area contributed by atoms with Crippen LogP contribution in [0.3, 0.4) is 0 Å². The van der Waals surface area contributed by atoms with E-state index < -0.39 is 0 Å².